The van der Waals surface area contributed by atoms with Crippen LogP contribution in [0.25, 0.3) is 10.9 Å². The van der Waals surface area contributed by atoms with E-state index in [2.05, 4.69) is 10.3 Å². The van der Waals surface area contributed by atoms with Crippen LogP contribution in [0.3, 0.4) is 0 Å². The van der Waals surface area contributed by atoms with Gasteiger partial charge in [-0.15, -0.1) is 0 Å². The fraction of sp³-hybridized carbons (Fsp3) is 0.263. The van der Waals surface area contributed by atoms with Crippen molar-refractivity contribution in [2.75, 3.05) is 11.9 Å². The van der Waals surface area contributed by atoms with Gasteiger partial charge in [-0.05, 0) is 36.6 Å². The van der Waals surface area contributed by atoms with Gasteiger partial charge < -0.3 is 10.3 Å². The zero-order valence-corrected chi connectivity index (χ0v) is 13.3. The van der Waals surface area contributed by atoms with E-state index < -0.39 is 12.1 Å². The molecule has 126 valence electrons. The normalized spacial score (nSPS) is 13.2. The summed E-state index contributed by atoms with van der Waals surface area (Å²) in [4.78, 5) is 2.95. The lowest BCUT2D eigenvalue weighted by Gasteiger charge is -2.22. The number of nitrogens with one attached hydrogen (secondary N) is 2. The summed E-state index contributed by atoms with van der Waals surface area (Å²) in [5.74, 6) is -1.55. The predicted molar refractivity (Wildman–Crippen MR) is 91.4 cm³/mol. The van der Waals surface area contributed by atoms with Gasteiger partial charge in [-0.25, -0.2) is 0 Å². The van der Waals surface area contributed by atoms with Crippen LogP contribution in [0, 0.1) is 0 Å². The van der Waals surface area contributed by atoms with Gasteiger partial charge in [0.05, 0.1) is 5.92 Å². The van der Waals surface area contributed by atoms with Gasteiger partial charge in [-0.3, -0.25) is 0 Å². The summed E-state index contributed by atoms with van der Waals surface area (Å²) in [5, 5.41) is 3.77. The molecule has 0 bridgehead atoms. The lowest BCUT2D eigenvalue weighted by atomic mass is 9.90. The van der Waals surface area contributed by atoms with Gasteiger partial charge >= 0.3 is 6.18 Å². The summed E-state index contributed by atoms with van der Waals surface area (Å²) in [6, 6.07) is 14.3. The van der Waals surface area contributed by atoms with Crippen molar-refractivity contribution in [3.8, 4) is 0 Å². The maximum Gasteiger partial charge on any atom is 0.396 e. The van der Waals surface area contributed by atoms with E-state index in [4.69, 9.17) is 0 Å². The molecule has 0 fully saturated rings. The molecule has 3 rings (SSSR count). The van der Waals surface area contributed by atoms with E-state index in [0.717, 1.165) is 11.2 Å². The lowest BCUT2D eigenvalue weighted by Crippen LogP contribution is -2.23. The molecule has 5 heteroatoms. The first-order valence-electron chi connectivity index (χ1n) is 7.95. The molecular weight excluding hydrogens is 313 g/mol. The molecule has 0 aliphatic heterocycles. The van der Waals surface area contributed by atoms with E-state index >= 15 is 0 Å². The second-order valence-electron chi connectivity index (χ2n) is 5.78. The Bertz CT molecular complexity index is 821. The lowest BCUT2D eigenvalue weighted by molar-refractivity contribution is -0.149. The molecule has 1 aromatic heterocycles. The summed E-state index contributed by atoms with van der Waals surface area (Å²) in [7, 11) is 0. The van der Waals surface area contributed by atoms with E-state index in [1.54, 1.807) is 30.3 Å². The minimum atomic E-state index is -4.32. The molecule has 0 radical (unpaired) electrons. The van der Waals surface area contributed by atoms with Crippen molar-refractivity contribution in [3.63, 3.8) is 0 Å². The molecule has 0 saturated carbocycles. The Balaban J connectivity index is 2.03. The molecule has 0 aliphatic carbocycles. The first-order valence-corrected chi connectivity index (χ1v) is 7.95. The number of para-hydroxylation sites is 2. The Morgan fingerprint density at radius 2 is 1.75 bits per heavy atom. The van der Waals surface area contributed by atoms with Crippen molar-refractivity contribution in [3.05, 3.63) is 65.9 Å². The maximum atomic E-state index is 13.8. The number of benzene rings is 2. The van der Waals surface area contributed by atoms with Gasteiger partial charge in [0.15, 0.2) is 0 Å². The van der Waals surface area contributed by atoms with Crippen LogP contribution in [0.2, 0.25) is 0 Å². The highest BCUT2D eigenvalue weighted by Crippen LogP contribution is 2.41. The van der Waals surface area contributed by atoms with Crippen LogP contribution < -0.4 is 5.32 Å². The van der Waals surface area contributed by atoms with Crippen LogP contribution in [0.4, 0.5) is 18.9 Å². The van der Waals surface area contributed by atoms with Crippen LogP contribution in [-0.2, 0) is 6.42 Å². The summed E-state index contributed by atoms with van der Waals surface area (Å²) in [5.41, 5.74) is 2.45. The monoisotopic (exact) mass is 332 g/mol. The molecule has 2 nitrogen and oxygen atoms in total. The van der Waals surface area contributed by atoms with Crippen LogP contribution >= 0.6 is 0 Å². The smallest absolute Gasteiger partial charge is 0.385 e. The van der Waals surface area contributed by atoms with Crippen LogP contribution in [0.5, 0.6) is 0 Å². The van der Waals surface area contributed by atoms with Crippen molar-refractivity contribution < 1.29 is 13.2 Å². The minimum absolute atomic E-state index is 0.0888. The Morgan fingerprint density at radius 3 is 2.50 bits per heavy atom. The molecule has 0 aliphatic rings. The third-order valence-electron chi connectivity index (χ3n) is 4.20. The second-order valence-corrected chi connectivity index (χ2v) is 5.78. The number of fused-ring (bicyclic) bond motifs is 1. The quantitative estimate of drug-likeness (QED) is 0.635. The zero-order valence-electron chi connectivity index (χ0n) is 13.3. The molecule has 24 heavy (non-hydrogen) atoms. The third kappa shape index (κ3) is 3.25. The van der Waals surface area contributed by atoms with Gasteiger partial charge in [0.2, 0.25) is 0 Å². The van der Waals surface area contributed by atoms with E-state index in [-0.39, 0.29) is 6.42 Å². The number of aromatic amines is 1. The number of aromatic nitrogens is 1. The van der Waals surface area contributed by atoms with Crippen molar-refractivity contribution >= 4 is 16.6 Å². The number of anilines is 1. The molecule has 3 aromatic rings. The largest absolute Gasteiger partial charge is 0.396 e. The standard InChI is InChI=1S/C19H19F3N2/c1-2-23-17-9-5-3-7-13(17)11-16(19(20,21)22)15-12-24-18-10-6-4-8-14(15)18/h3-10,12,16,23-24H,2,11H2,1H3. The fourth-order valence-electron chi connectivity index (χ4n) is 3.07. The maximum absolute atomic E-state index is 13.8. The summed E-state index contributed by atoms with van der Waals surface area (Å²) in [6.45, 7) is 2.60. The first-order chi connectivity index (χ1) is 11.5. The molecule has 0 saturated heterocycles. The molecule has 1 atom stereocenters. The Labute approximate surface area is 138 Å². The third-order valence-corrected chi connectivity index (χ3v) is 4.20. The average Bonchev–Trinajstić information content (AvgIpc) is 2.97. The number of hydrogen-bond acceptors (Lipinski definition) is 1. The summed E-state index contributed by atoms with van der Waals surface area (Å²) >= 11 is 0. The Hall–Kier alpha value is -2.43. The molecule has 1 heterocycles. The van der Waals surface area contributed by atoms with Crippen molar-refractivity contribution in [2.24, 2.45) is 0 Å². The highest BCUT2D eigenvalue weighted by molar-refractivity contribution is 5.83. The van der Waals surface area contributed by atoms with Crippen molar-refractivity contribution in [2.45, 2.75) is 25.4 Å². The second kappa shape index (κ2) is 6.59. The van der Waals surface area contributed by atoms with Crippen LogP contribution in [-0.4, -0.2) is 17.7 Å². The number of hydrogen-bond donors (Lipinski definition) is 2. The van der Waals surface area contributed by atoms with Gasteiger partial charge in [0.25, 0.3) is 0 Å². The van der Waals surface area contributed by atoms with Crippen LogP contribution in [0.1, 0.15) is 24.0 Å². The molecule has 2 N–H and O–H groups in total. The fourth-order valence-corrected chi connectivity index (χ4v) is 3.07. The molecule has 0 amide bonds. The van der Waals surface area contributed by atoms with Gasteiger partial charge in [-0.2, -0.15) is 13.2 Å². The summed E-state index contributed by atoms with van der Waals surface area (Å²) in [6.07, 6.45) is -2.92. The van der Waals surface area contributed by atoms with Crippen molar-refractivity contribution in [1.82, 2.24) is 4.98 Å². The number of rotatable bonds is 5. The molecule has 2 aromatic carbocycles. The number of H-pyrrole nitrogens is 1. The van der Waals surface area contributed by atoms with E-state index in [1.165, 1.54) is 6.20 Å². The zero-order chi connectivity index (χ0) is 17.2. The van der Waals surface area contributed by atoms with Gasteiger partial charge in [0, 0.05) is 29.3 Å². The van der Waals surface area contributed by atoms with E-state index in [1.807, 2.05) is 25.1 Å². The average molecular weight is 332 g/mol. The Morgan fingerprint density at radius 1 is 1.04 bits per heavy atom. The van der Waals surface area contributed by atoms with Crippen molar-refractivity contribution in [1.29, 1.82) is 0 Å². The highest BCUT2D eigenvalue weighted by Gasteiger charge is 2.42. The van der Waals surface area contributed by atoms with Crippen LogP contribution in [0.15, 0.2) is 54.7 Å². The molecule has 1 unspecified atom stereocenters. The first kappa shape index (κ1) is 16.4. The molecular formula is C19H19F3N2. The van der Waals surface area contributed by atoms with Gasteiger partial charge in [0.1, 0.15) is 0 Å². The summed E-state index contributed by atoms with van der Waals surface area (Å²) < 4.78 is 41.3. The number of halogens is 3. The topological polar surface area (TPSA) is 27.8 Å². The highest BCUT2D eigenvalue weighted by atomic mass is 19.4. The van der Waals surface area contributed by atoms with E-state index in [9.17, 15) is 13.2 Å². The minimum Gasteiger partial charge on any atom is -0.385 e. The predicted octanol–water partition coefficient (Wildman–Crippen LogP) is 5.49. The Kier molecular flexibility index (Phi) is 4.51. The van der Waals surface area contributed by atoms with E-state index in [0.29, 0.717) is 23.1 Å². The SMILES string of the molecule is CCNc1ccccc1CC(c1c[nH]c2ccccc12)C(F)(F)F. The molecule has 0 spiro atoms. The van der Waals surface area contributed by atoms with Gasteiger partial charge in [-0.1, -0.05) is 36.4 Å². The number of alkyl halides is 3.